The molecule has 0 aromatic heterocycles. The van der Waals surface area contributed by atoms with Crippen molar-refractivity contribution in [3.63, 3.8) is 0 Å². The van der Waals surface area contributed by atoms with Crippen molar-refractivity contribution >= 4 is 0 Å². The fourth-order valence-electron chi connectivity index (χ4n) is 3.22. The summed E-state index contributed by atoms with van der Waals surface area (Å²) in [6.45, 7) is 8.62. The van der Waals surface area contributed by atoms with Gasteiger partial charge in [0.25, 0.3) is 0 Å². The maximum absolute atomic E-state index is 6.20. The van der Waals surface area contributed by atoms with Gasteiger partial charge in [0.1, 0.15) is 5.75 Å². The molecule has 1 saturated heterocycles. The van der Waals surface area contributed by atoms with Crippen LogP contribution in [0.2, 0.25) is 0 Å². The highest BCUT2D eigenvalue weighted by Gasteiger charge is 2.33. The largest absolute Gasteiger partial charge is 0.493 e. The van der Waals surface area contributed by atoms with E-state index >= 15 is 0 Å². The number of nitrogens with zero attached hydrogens (tertiary/aromatic N) is 1. The van der Waals surface area contributed by atoms with E-state index < -0.39 is 0 Å². The lowest BCUT2D eigenvalue weighted by Crippen LogP contribution is -2.52. The molecule has 3 heteroatoms. The molecule has 0 radical (unpaired) electrons. The first kappa shape index (κ1) is 12.9. The fourth-order valence-corrected chi connectivity index (χ4v) is 3.22. The van der Waals surface area contributed by atoms with Gasteiger partial charge in [-0.05, 0) is 29.0 Å². The summed E-state index contributed by atoms with van der Waals surface area (Å²) >= 11 is 0. The molecule has 2 aliphatic rings. The quantitative estimate of drug-likeness (QED) is 0.886. The molecule has 104 valence electrons. The normalized spacial score (nSPS) is 25.9. The first-order valence-corrected chi connectivity index (χ1v) is 7.27. The Morgan fingerprint density at radius 3 is 3.05 bits per heavy atom. The minimum absolute atomic E-state index is 0.220. The highest BCUT2D eigenvalue weighted by atomic mass is 16.5. The maximum atomic E-state index is 6.20. The van der Waals surface area contributed by atoms with Gasteiger partial charge in [-0.3, -0.25) is 4.90 Å². The van der Waals surface area contributed by atoms with Gasteiger partial charge in [0.05, 0.1) is 6.61 Å². The zero-order chi connectivity index (χ0) is 13.5. The van der Waals surface area contributed by atoms with Gasteiger partial charge in [-0.15, -0.1) is 0 Å². The standard InChI is InChI=1S/C16H24N2O/c1-16(2)11-18(7-5-15(16)17)10-12-3-4-14-13(9-12)6-8-19-14/h3-4,9,15H,5-8,10-11,17H2,1-2H3. The zero-order valence-corrected chi connectivity index (χ0v) is 12.0. The second-order valence-electron chi connectivity index (χ2n) is 6.63. The van der Waals surface area contributed by atoms with Crippen LogP contribution >= 0.6 is 0 Å². The second-order valence-corrected chi connectivity index (χ2v) is 6.63. The molecule has 2 heterocycles. The molecule has 0 bridgehead atoms. The monoisotopic (exact) mass is 260 g/mol. The van der Waals surface area contributed by atoms with Crippen molar-refractivity contribution in [3.05, 3.63) is 29.3 Å². The van der Waals surface area contributed by atoms with Crippen molar-refractivity contribution in [2.75, 3.05) is 19.7 Å². The molecule has 3 rings (SSSR count). The van der Waals surface area contributed by atoms with Crippen molar-refractivity contribution in [1.82, 2.24) is 4.90 Å². The van der Waals surface area contributed by atoms with Crippen LogP contribution in [0.25, 0.3) is 0 Å². The lowest BCUT2D eigenvalue weighted by molar-refractivity contribution is 0.0899. The van der Waals surface area contributed by atoms with Gasteiger partial charge in [0, 0.05) is 32.1 Å². The summed E-state index contributed by atoms with van der Waals surface area (Å²) in [7, 11) is 0. The summed E-state index contributed by atoms with van der Waals surface area (Å²) in [4.78, 5) is 2.53. The summed E-state index contributed by atoms with van der Waals surface area (Å²) in [5.41, 5.74) is 9.18. The molecule has 0 saturated carbocycles. The van der Waals surface area contributed by atoms with E-state index in [9.17, 15) is 0 Å². The van der Waals surface area contributed by atoms with Crippen LogP contribution in [-0.2, 0) is 13.0 Å². The Bertz CT molecular complexity index is 470. The lowest BCUT2D eigenvalue weighted by atomic mass is 9.79. The van der Waals surface area contributed by atoms with Crippen LogP contribution in [0.4, 0.5) is 0 Å². The Labute approximate surface area is 115 Å². The van der Waals surface area contributed by atoms with Crippen LogP contribution in [0, 0.1) is 5.41 Å². The van der Waals surface area contributed by atoms with Gasteiger partial charge in [-0.1, -0.05) is 26.0 Å². The van der Waals surface area contributed by atoms with E-state index in [1.54, 1.807) is 0 Å². The smallest absolute Gasteiger partial charge is 0.122 e. The highest BCUT2D eigenvalue weighted by molar-refractivity contribution is 5.39. The van der Waals surface area contributed by atoms with Crippen molar-refractivity contribution in [3.8, 4) is 5.75 Å². The second kappa shape index (κ2) is 4.80. The number of hydrogen-bond acceptors (Lipinski definition) is 3. The Kier molecular flexibility index (Phi) is 3.27. The molecule has 0 aliphatic carbocycles. The maximum Gasteiger partial charge on any atom is 0.122 e. The Balaban J connectivity index is 1.69. The summed E-state index contributed by atoms with van der Waals surface area (Å²) in [5, 5.41) is 0. The Morgan fingerprint density at radius 1 is 1.42 bits per heavy atom. The molecule has 19 heavy (non-hydrogen) atoms. The first-order chi connectivity index (χ1) is 9.04. The van der Waals surface area contributed by atoms with Crippen LogP contribution in [-0.4, -0.2) is 30.6 Å². The molecule has 1 unspecified atom stereocenters. The predicted octanol–water partition coefficient (Wildman–Crippen LogP) is 2.18. The average Bonchev–Trinajstić information content (AvgIpc) is 2.81. The first-order valence-electron chi connectivity index (χ1n) is 7.27. The SMILES string of the molecule is CC1(C)CN(Cc2ccc3c(c2)CCO3)CCC1N. The molecular weight excluding hydrogens is 236 g/mol. The van der Waals surface area contributed by atoms with E-state index in [-0.39, 0.29) is 5.41 Å². The Morgan fingerprint density at radius 2 is 2.26 bits per heavy atom. The van der Waals surface area contributed by atoms with Crippen LogP contribution in [0.1, 0.15) is 31.4 Å². The van der Waals surface area contributed by atoms with Gasteiger partial charge in [0.2, 0.25) is 0 Å². The van der Waals surface area contributed by atoms with Crippen LogP contribution < -0.4 is 10.5 Å². The third kappa shape index (κ3) is 2.63. The molecule has 2 N–H and O–H groups in total. The van der Waals surface area contributed by atoms with E-state index in [1.165, 1.54) is 11.1 Å². The third-order valence-electron chi connectivity index (χ3n) is 4.55. The van der Waals surface area contributed by atoms with Crippen LogP contribution in [0.3, 0.4) is 0 Å². The number of nitrogens with two attached hydrogens (primary N) is 1. The van der Waals surface area contributed by atoms with Crippen molar-refractivity contribution in [1.29, 1.82) is 0 Å². The molecular formula is C16H24N2O. The van der Waals surface area contributed by atoms with Gasteiger partial charge in [0.15, 0.2) is 0 Å². The topological polar surface area (TPSA) is 38.5 Å². The fraction of sp³-hybridized carbons (Fsp3) is 0.625. The minimum atomic E-state index is 0.220. The third-order valence-corrected chi connectivity index (χ3v) is 4.55. The molecule has 1 aromatic rings. The molecule has 1 aromatic carbocycles. The zero-order valence-electron chi connectivity index (χ0n) is 12.0. The summed E-state index contributed by atoms with van der Waals surface area (Å²) in [6.07, 6.45) is 2.15. The summed E-state index contributed by atoms with van der Waals surface area (Å²) in [6, 6.07) is 6.96. The molecule has 1 atom stereocenters. The van der Waals surface area contributed by atoms with E-state index in [2.05, 4.69) is 36.9 Å². The van der Waals surface area contributed by atoms with Gasteiger partial charge in [-0.2, -0.15) is 0 Å². The van der Waals surface area contributed by atoms with Crippen molar-refractivity contribution < 1.29 is 4.74 Å². The van der Waals surface area contributed by atoms with Gasteiger partial charge < -0.3 is 10.5 Å². The summed E-state index contributed by atoms with van der Waals surface area (Å²) in [5.74, 6) is 1.07. The van der Waals surface area contributed by atoms with E-state index in [0.717, 1.165) is 44.8 Å². The number of fused-ring (bicyclic) bond motifs is 1. The molecule has 0 amide bonds. The number of ether oxygens (including phenoxy) is 1. The van der Waals surface area contributed by atoms with Gasteiger partial charge >= 0.3 is 0 Å². The number of piperidine rings is 1. The van der Waals surface area contributed by atoms with E-state index in [4.69, 9.17) is 10.5 Å². The number of benzene rings is 1. The number of likely N-dealkylation sites (tertiary alicyclic amines) is 1. The van der Waals surface area contributed by atoms with E-state index in [1.807, 2.05) is 0 Å². The average molecular weight is 260 g/mol. The Hall–Kier alpha value is -1.06. The summed E-state index contributed by atoms with van der Waals surface area (Å²) < 4.78 is 5.56. The minimum Gasteiger partial charge on any atom is -0.493 e. The predicted molar refractivity (Wildman–Crippen MR) is 77.3 cm³/mol. The molecule has 2 aliphatic heterocycles. The molecule has 3 nitrogen and oxygen atoms in total. The van der Waals surface area contributed by atoms with Crippen molar-refractivity contribution in [2.24, 2.45) is 11.1 Å². The highest BCUT2D eigenvalue weighted by Crippen LogP contribution is 2.30. The number of hydrogen-bond donors (Lipinski definition) is 1. The van der Waals surface area contributed by atoms with Crippen LogP contribution in [0.15, 0.2) is 18.2 Å². The van der Waals surface area contributed by atoms with Crippen LogP contribution in [0.5, 0.6) is 5.75 Å². The van der Waals surface area contributed by atoms with Gasteiger partial charge in [-0.25, -0.2) is 0 Å². The lowest BCUT2D eigenvalue weighted by Gasteiger charge is -2.42. The molecule has 0 spiro atoms. The van der Waals surface area contributed by atoms with E-state index in [0.29, 0.717) is 6.04 Å². The molecule has 1 fully saturated rings. The number of rotatable bonds is 2. The van der Waals surface area contributed by atoms with Crippen molar-refractivity contribution in [2.45, 2.75) is 39.3 Å².